The van der Waals surface area contributed by atoms with Crippen molar-refractivity contribution in [3.63, 3.8) is 0 Å². The van der Waals surface area contributed by atoms with Crippen LogP contribution >= 0.6 is 0 Å². The molecule has 0 saturated carbocycles. The molecule has 1 aromatic carbocycles. The molecule has 0 fully saturated rings. The first-order valence-corrected chi connectivity index (χ1v) is 3.56. The standard InChI is InChI=1S/C9H7F2/c10-7-4-6-2-1-3-8(6)9(11)5-7/h1,4-5H,2-3H2. The Hall–Kier alpha value is -0.920. The maximum atomic E-state index is 12.9. The van der Waals surface area contributed by atoms with Crippen LogP contribution in [0.1, 0.15) is 11.1 Å². The van der Waals surface area contributed by atoms with Crippen LogP contribution in [-0.2, 0) is 12.8 Å². The second kappa shape index (κ2) is 2.29. The maximum absolute atomic E-state index is 12.9. The van der Waals surface area contributed by atoms with E-state index in [0.717, 1.165) is 11.6 Å². The first-order valence-electron chi connectivity index (χ1n) is 3.56. The van der Waals surface area contributed by atoms with Crippen LogP contribution in [-0.4, -0.2) is 0 Å². The quantitative estimate of drug-likeness (QED) is 0.536. The Morgan fingerprint density at radius 3 is 2.73 bits per heavy atom. The maximum Gasteiger partial charge on any atom is 0.129 e. The molecule has 2 heteroatoms. The van der Waals surface area contributed by atoms with Crippen molar-refractivity contribution < 1.29 is 8.78 Å². The lowest BCUT2D eigenvalue weighted by molar-refractivity contribution is 0.575. The van der Waals surface area contributed by atoms with Gasteiger partial charge >= 0.3 is 0 Å². The third-order valence-corrected chi connectivity index (χ3v) is 1.97. The molecule has 0 spiro atoms. The van der Waals surface area contributed by atoms with Gasteiger partial charge < -0.3 is 0 Å². The third kappa shape index (κ3) is 1.02. The Morgan fingerprint density at radius 2 is 1.91 bits per heavy atom. The van der Waals surface area contributed by atoms with E-state index < -0.39 is 11.6 Å². The Kier molecular flexibility index (Phi) is 1.41. The molecule has 0 aromatic heterocycles. The Balaban J connectivity index is 2.60. The molecule has 1 radical (unpaired) electrons. The zero-order chi connectivity index (χ0) is 7.84. The van der Waals surface area contributed by atoms with E-state index in [2.05, 4.69) is 0 Å². The van der Waals surface area contributed by atoms with E-state index in [1.54, 1.807) is 0 Å². The van der Waals surface area contributed by atoms with E-state index in [1.165, 1.54) is 6.07 Å². The summed E-state index contributed by atoms with van der Waals surface area (Å²) in [5.74, 6) is -0.884. The summed E-state index contributed by atoms with van der Waals surface area (Å²) in [5.41, 5.74) is 1.45. The van der Waals surface area contributed by atoms with Crippen LogP contribution in [0.2, 0.25) is 0 Å². The minimum absolute atomic E-state index is 0.409. The molecule has 0 heterocycles. The summed E-state index contributed by atoms with van der Waals surface area (Å²) in [6.45, 7) is 0. The number of benzene rings is 1. The van der Waals surface area contributed by atoms with Crippen molar-refractivity contribution >= 4 is 0 Å². The van der Waals surface area contributed by atoms with E-state index in [-0.39, 0.29) is 0 Å². The summed E-state index contributed by atoms with van der Waals surface area (Å²) in [6.07, 6.45) is 3.29. The van der Waals surface area contributed by atoms with Gasteiger partial charge in [-0.05, 0) is 36.5 Å². The SMILES string of the molecule is Fc1cc(F)c2c(c1)C[CH]C2. The minimum atomic E-state index is -0.475. The highest BCUT2D eigenvalue weighted by Crippen LogP contribution is 2.24. The molecule has 2 rings (SSSR count). The first-order chi connectivity index (χ1) is 5.27. The lowest BCUT2D eigenvalue weighted by Gasteiger charge is -1.99. The van der Waals surface area contributed by atoms with Gasteiger partial charge in [0, 0.05) is 6.07 Å². The Bertz CT molecular complexity index is 292. The lowest BCUT2D eigenvalue weighted by atomic mass is 10.1. The molecule has 0 atom stereocenters. The highest BCUT2D eigenvalue weighted by Gasteiger charge is 2.16. The highest BCUT2D eigenvalue weighted by atomic mass is 19.1. The van der Waals surface area contributed by atoms with E-state index in [1.807, 2.05) is 6.42 Å². The van der Waals surface area contributed by atoms with Gasteiger partial charge in [0.1, 0.15) is 11.6 Å². The number of hydrogen-bond acceptors (Lipinski definition) is 0. The van der Waals surface area contributed by atoms with Gasteiger partial charge in [-0.3, -0.25) is 0 Å². The van der Waals surface area contributed by atoms with Crippen molar-refractivity contribution in [1.82, 2.24) is 0 Å². The molecule has 1 aromatic rings. The van der Waals surface area contributed by atoms with Gasteiger partial charge in [0.05, 0.1) is 0 Å². The van der Waals surface area contributed by atoms with Gasteiger partial charge in [-0.2, -0.15) is 0 Å². The number of fused-ring (bicyclic) bond motifs is 1. The number of halogens is 2. The molecule has 0 unspecified atom stereocenters. The molecule has 1 aliphatic rings. The normalized spacial score (nSPS) is 15.1. The number of rotatable bonds is 0. The van der Waals surface area contributed by atoms with Crippen LogP contribution in [0.15, 0.2) is 12.1 Å². The van der Waals surface area contributed by atoms with Crippen LogP contribution in [0.4, 0.5) is 8.78 Å². The minimum Gasteiger partial charge on any atom is -0.207 e. The van der Waals surface area contributed by atoms with Crippen molar-refractivity contribution in [2.24, 2.45) is 0 Å². The lowest BCUT2D eigenvalue weighted by Crippen LogP contribution is -1.90. The molecule has 11 heavy (non-hydrogen) atoms. The van der Waals surface area contributed by atoms with Crippen molar-refractivity contribution in [2.45, 2.75) is 12.8 Å². The van der Waals surface area contributed by atoms with Crippen molar-refractivity contribution in [3.05, 3.63) is 41.3 Å². The summed E-state index contributed by atoms with van der Waals surface area (Å²) in [6, 6.07) is 2.35. The van der Waals surface area contributed by atoms with Gasteiger partial charge in [0.2, 0.25) is 0 Å². The Labute approximate surface area is 63.9 Å². The monoisotopic (exact) mass is 153 g/mol. The first kappa shape index (κ1) is 6.77. The molecule has 57 valence electrons. The molecular weight excluding hydrogens is 146 g/mol. The van der Waals surface area contributed by atoms with E-state index >= 15 is 0 Å². The van der Waals surface area contributed by atoms with E-state index in [0.29, 0.717) is 18.4 Å². The van der Waals surface area contributed by atoms with E-state index in [4.69, 9.17) is 0 Å². The predicted octanol–water partition coefficient (Wildman–Crippen LogP) is 2.27. The fourth-order valence-corrected chi connectivity index (χ4v) is 1.44. The molecule has 0 N–H and O–H groups in total. The van der Waals surface area contributed by atoms with Gasteiger partial charge in [0.25, 0.3) is 0 Å². The summed E-state index contributed by atoms with van der Waals surface area (Å²) < 4.78 is 25.5. The third-order valence-electron chi connectivity index (χ3n) is 1.97. The molecule has 0 aliphatic heterocycles. The molecule has 0 nitrogen and oxygen atoms in total. The second-order valence-corrected chi connectivity index (χ2v) is 2.72. The van der Waals surface area contributed by atoms with Crippen LogP contribution < -0.4 is 0 Å². The van der Waals surface area contributed by atoms with Crippen molar-refractivity contribution in [3.8, 4) is 0 Å². The number of hydrogen-bond donors (Lipinski definition) is 0. The topological polar surface area (TPSA) is 0 Å². The summed E-state index contributed by atoms with van der Waals surface area (Å²) >= 11 is 0. The fourth-order valence-electron chi connectivity index (χ4n) is 1.44. The predicted molar refractivity (Wildman–Crippen MR) is 38.1 cm³/mol. The van der Waals surface area contributed by atoms with Crippen LogP contribution in [0, 0.1) is 18.1 Å². The smallest absolute Gasteiger partial charge is 0.129 e. The van der Waals surface area contributed by atoms with Crippen molar-refractivity contribution in [1.29, 1.82) is 0 Å². The largest absolute Gasteiger partial charge is 0.207 e. The van der Waals surface area contributed by atoms with Crippen molar-refractivity contribution in [2.75, 3.05) is 0 Å². The van der Waals surface area contributed by atoms with Crippen LogP contribution in [0.3, 0.4) is 0 Å². The fraction of sp³-hybridized carbons (Fsp3) is 0.222. The average Bonchev–Trinajstić information content (AvgIpc) is 2.34. The molecule has 0 bridgehead atoms. The van der Waals surface area contributed by atoms with Gasteiger partial charge in [0.15, 0.2) is 0 Å². The van der Waals surface area contributed by atoms with Crippen LogP contribution in [0.25, 0.3) is 0 Å². The second-order valence-electron chi connectivity index (χ2n) is 2.72. The highest BCUT2D eigenvalue weighted by molar-refractivity contribution is 5.36. The van der Waals surface area contributed by atoms with Gasteiger partial charge in [-0.1, -0.05) is 0 Å². The molecular formula is C9H7F2. The average molecular weight is 153 g/mol. The summed E-state index contributed by atoms with van der Waals surface area (Å²) in [5, 5.41) is 0. The van der Waals surface area contributed by atoms with Gasteiger partial charge in [-0.15, -0.1) is 0 Å². The summed E-state index contributed by atoms with van der Waals surface area (Å²) in [4.78, 5) is 0. The summed E-state index contributed by atoms with van der Waals surface area (Å²) in [7, 11) is 0. The zero-order valence-electron chi connectivity index (χ0n) is 5.90. The van der Waals surface area contributed by atoms with Crippen LogP contribution in [0.5, 0.6) is 0 Å². The van der Waals surface area contributed by atoms with E-state index in [9.17, 15) is 8.78 Å². The molecule has 0 amide bonds. The van der Waals surface area contributed by atoms with Gasteiger partial charge in [-0.25, -0.2) is 8.78 Å². The molecule has 0 saturated heterocycles. The Morgan fingerprint density at radius 1 is 1.09 bits per heavy atom. The molecule has 1 aliphatic carbocycles. The zero-order valence-corrected chi connectivity index (χ0v) is 5.90.